The third kappa shape index (κ3) is 8.23. The summed E-state index contributed by atoms with van der Waals surface area (Å²) in [6.07, 6.45) is 1.22. The molecule has 0 unspecified atom stereocenters. The highest BCUT2D eigenvalue weighted by Gasteiger charge is 2.29. The minimum atomic E-state index is -0.526. The van der Waals surface area contributed by atoms with Gasteiger partial charge in [-0.15, -0.1) is 0 Å². The number of para-hydroxylation sites is 1. The van der Waals surface area contributed by atoms with Gasteiger partial charge in [0.05, 0.1) is 0 Å². The molecule has 2 aromatic rings. The van der Waals surface area contributed by atoms with Crippen LogP contribution in [0.2, 0.25) is 0 Å². The molecule has 0 saturated carbocycles. The Balaban J connectivity index is 2.19. The lowest BCUT2D eigenvalue weighted by Crippen LogP contribution is -2.51. The first-order valence-corrected chi connectivity index (χ1v) is 12.0. The highest BCUT2D eigenvalue weighted by molar-refractivity contribution is 5.88. The molecule has 0 radical (unpaired) electrons. The van der Waals surface area contributed by atoms with Crippen LogP contribution in [0.5, 0.6) is 5.75 Å². The van der Waals surface area contributed by atoms with Crippen molar-refractivity contribution in [2.24, 2.45) is 5.92 Å². The van der Waals surface area contributed by atoms with Gasteiger partial charge in [-0.1, -0.05) is 90.1 Å². The molecule has 0 saturated heterocycles. The second kappa shape index (κ2) is 12.4. The Kier molecular flexibility index (Phi) is 9.95. The van der Waals surface area contributed by atoms with Crippen LogP contribution in [0.3, 0.4) is 0 Å². The van der Waals surface area contributed by atoms with E-state index in [1.807, 2.05) is 61.5 Å². The standard InChI is InChI=1S/C28H40N2O3/c1-7-24(27(32)29-19-21(2)3)30(18-17-22-13-9-8-10-14-22)26(31)20-33-25-16-12-11-15-23(25)28(4,5)6/h8-16,21,24H,7,17-20H2,1-6H3,(H,29,32)/t24-/m1/s1. The normalized spacial score (nSPS) is 12.3. The van der Waals surface area contributed by atoms with E-state index in [1.54, 1.807) is 4.90 Å². The van der Waals surface area contributed by atoms with E-state index in [4.69, 9.17) is 4.74 Å². The number of ether oxygens (including phenoxy) is 1. The van der Waals surface area contributed by atoms with Gasteiger partial charge in [-0.3, -0.25) is 9.59 Å². The third-order valence-electron chi connectivity index (χ3n) is 5.60. The average Bonchev–Trinajstić information content (AvgIpc) is 2.78. The summed E-state index contributed by atoms with van der Waals surface area (Å²) in [6.45, 7) is 13.4. The van der Waals surface area contributed by atoms with Crippen molar-refractivity contribution in [1.82, 2.24) is 10.2 Å². The first kappa shape index (κ1) is 26.4. The summed E-state index contributed by atoms with van der Waals surface area (Å²) < 4.78 is 6.01. The van der Waals surface area contributed by atoms with E-state index < -0.39 is 6.04 Å². The summed E-state index contributed by atoms with van der Waals surface area (Å²) in [4.78, 5) is 28.0. The van der Waals surface area contributed by atoms with E-state index in [0.717, 1.165) is 11.1 Å². The molecule has 1 atom stereocenters. The molecular formula is C28H40N2O3. The zero-order chi connectivity index (χ0) is 24.4. The number of rotatable bonds is 11. The van der Waals surface area contributed by atoms with Gasteiger partial charge in [0, 0.05) is 13.1 Å². The van der Waals surface area contributed by atoms with Crippen LogP contribution < -0.4 is 10.1 Å². The highest BCUT2D eigenvalue weighted by atomic mass is 16.5. The Morgan fingerprint density at radius 2 is 1.64 bits per heavy atom. The van der Waals surface area contributed by atoms with Crippen molar-refractivity contribution < 1.29 is 14.3 Å². The van der Waals surface area contributed by atoms with E-state index in [9.17, 15) is 9.59 Å². The van der Waals surface area contributed by atoms with E-state index in [1.165, 1.54) is 0 Å². The topological polar surface area (TPSA) is 58.6 Å². The zero-order valence-corrected chi connectivity index (χ0v) is 21.1. The summed E-state index contributed by atoms with van der Waals surface area (Å²) in [7, 11) is 0. The number of hydrogen-bond donors (Lipinski definition) is 1. The van der Waals surface area contributed by atoms with Gasteiger partial charge in [0.2, 0.25) is 5.91 Å². The molecule has 0 aliphatic carbocycles. The van der Waals surface area contributed by atoms with Crippen molar-refractivity contribution in [3.63, 3.8) is 0 Å². The maximum absolute atomic E-state index is 13.4. The Morgan fingerprint density at radius 1 is 1.00 bits per heavy atom. The van der Waals surface area contributed by atoms with Gasteiger partial charge >= 0.3 is 0 Å². The predicted molar refractivity (Wildman–Crippen MR) is 134 cm³/mol. The van der Waals surface area contributed by atoms with Gasteiger partial charge < -0.3 is 15.0 Å². The van der Waals surface area contributed by atoms with Crippen LogP contribution in [0.4, 0.5) is 0 Å². The van der Waals surface area contributed by atoms with Gasteiger partial charge in [0.1, 0.15) is 11.8 Å². The fourth-order valence-corrected chi connectivity index (χ4v) is 3.75. The second-order valence-corrected chi connectivity index (χ2v) is 9.92. The molecule has 5 nitrogen and oxygen atoms in total. The Hall–Kier alpha value is -2.82. The monoisotopic (exact) mass is 452 g/mol. The zero-order valence-electron chi connectivity index (χ0n) is 21.1. The van der Waals surface area contributed by atoms with Crippen molar-refractivity contribution in [2.45, 2.75) is 65.8 Å². The second-order valence-electron chi connectivity index (χ2n) is 9.92. The molecule has 33 heavy (non-hydrogen) atoms. The number of benzene rings is 2. The molecule has 0 fully saturated rings. The minimum Gasteiger partial charge on any atom is -0.483 e. The number of carbonyl (C=O) groups is 2. The van der Waals surface area contributed by atoms with Crippen molar-refractivity contribution in [2.75, 3.05) is 19.7 Å². The SMILES string of the molecule is CC[C@H](C(=O)NCC(C)C)N(CCc1ccccc1)C(=O)COc1ccccc1C(C)(C)C. The van der Waals surface area contributed by atoms with E-state index in [-0.39, 0.29) is 23.8 Å². The van der Waals surface area contributed by atoms with Crippen molar-refractivity contribution in [3.05, 3.63) is 65.7 Å². The van der Waals surface area contributed by atoms with Gasteiger partial charge in [-0.05, 0) is 41.4 Å². The molecule has 0 aromatic heterocycles. The summed E-state index contributed by atoms with van der Waals surface area (Å²) in [5.41, 5.74) is 2.08. The molecule has 2 rings (SSSR count). The lowest BCUT2D eigenvalue weighted by Gasteiger charge is -2.31. The number of nitrogens with one attached hydrogen (secondary N) is 1. The summed E-state index contributed by atoms with van der Waals surface area (Å²) in [5.74, 6) is 0.764. The molecule has 0 heterocycles. The fraction of sp³-hybridized carbons (Fsp3) is 0.500. The largest absolute Gasteiger partial charge is 0.483 e. The number of amides is 2. The number of nitrogens with zero attached hydrogens (tertiary/aromatic N) is 1. The lowest BCUT2D eigenvalue weighted by atomic mass is 9.86. The molecule has 2 amide bonds. The summed E-state index contributed by atoms with van der Waals surface area (Å²) in [6, 6.07) is 17.3. The molecule has 0 aliphatic heterocycles. The minimum absolute atomic E-state index is 0.101. The molecular weight excluding hydrogens is 412 g/mol. The van der Waals surface area contributed by atoms with Crippen molar-refractivity contribution in [1.29, 1.82) is 0 Å². The van der Waals surface area contributed by atoms with Gasteiger partial charge in [0.25, 0.3) is 5.91 Å². The van der Waals surface area contributed by atoms with E-state index in [0.29, 0.717) is 37.6 Å². The molecule has 0 spiro atoms. The van der Waals surface area contributed by atoms with Crippen LogP contribution in [0.1, 0.15) is 59.1 Å². The smallest absolute Gasteiger partial charge is 0.261 e. The van der Waals surface area contributed by atoms with E-state index >= 15 is 0 Å². The Labute approximate surface area is 199 Å². The predicted octanol–water partition coefficient (Wildman–Crippen LogP) is 4.99. The quantitative estimate of drug-likeness (QED) is 0.523. The van der Waals surface area contributed by atoms with Gasteiger partial charge in [-0.25, -0.2) is 0 Å². The summed E-state index contributed by atoms with van der Waals surface area (Å²) >= 11 is 0. The van der Waals surface area contributed by atoms with Crippen LogP contribution in [-0.2, 0) is 21.4 Å². The number of carbonyl (C=O) groups excluding carboxylic acids is 2. The Bertz CT molecular complexity index is 888. The molecule has 5 heteroatoms. The van der Waals surface area contributed by atoms with Gasteiger partial charge in [0.15, 0.2) is 6.61 Å². The van der Waals surface area contributed by atoms with Crippen LogP contribution >= 0.6 is 0 Å². The van der Waals surface area contributed by atoms with Crippen LogP contribution in [0, 0.1) is 5.92 Å². The number of hydrogen-bond acceptors (Lipinski definition) is 3. The molecule has 2 aromatic carbocycles. The van der Waals surface area contributed by atoms with E-state index in [2.05, 4.69) is 39.9 Å². The average molecular weight is 453 g/mol. The van der Waals surface area contributed by atoms with Crippen molar-refractivity contribution in [3.8, 4) is 5.75 Å². The van der Waals surface area contributed by atoms with Crippen LogP contribution in [0.25, 0.3) is 0 Å². The van der Waals surface area contributed by atoms with Crippen LogP contribution in [-0.4, -0.2) is 42.5 Å². The first-order valence-electron chi connectivity index (χ1n) is 12.0. The van der Waals surface area contributed by atoms with Crippen LogP contribution in [0.15, 0.2) is 54.6 Å². The Morgan fingerprint density at radius 3 is 2.24 bits per heavy atom. The maximum atomic E-state index is 13.4. The fourth-order valence-electron chi connectivity index (χ4n) is 3.75. The lowest BCUT2D eigenvalue weighted by molar-refractivity contribution is -0.142. The highest BCUT2D eigenvalue weighted by Crippen LogP contribution is 2.31. The maximum Gasteiger partial charge on any atom is 0.261 e. The molecule has 1 N–H and O–H groups in total. The third-order valence-corrected chi connectivity index (χ3v) is 5.60. The molecule has 0 bridgehead atoms. The summed E-state index contributed by atoms with van der Waals surface area (Å²) in [5, 5.41) is 3.00. The first-order chi connectivity index (χ1) is 15.6. The molecule has 180 valence electrons. The van der Waals surface area contributed by atoms with Crippen molar-refractivity contribution >= 4 is 11.8 Å². The molecule has 0 aliphatic rings. The van der Waals surface area contributed by atoms with Gasteiger partial charge in [-0.2, -0.15) is 0 Å².